The van der Waals surface area contributed by atoms with Crippen molar-refractivity contribution in [2.24, 2.45) is 5.73 Å². The minimum Gasteiger partial charge on any atom is -0.376 e. The summed E-state index contributed by atoms with van der Waals surface area (Å²) in [6, 6.07) is 6.54. The first-order valence-electron chi connectivity index (χ1n) is 5.29. The molecule has 2 N–H and O–H groups in total. The van der Waals surface area contributed by atoms with Crippen LogP contribution < -0.4 is 5.73 Å². The fourth-order valence-corrected chi connectivity index (χ4v) is 3.13. The smallest absolute Gasteiger partial charge is 0.180 e. The second-order valence-corrected chi connectivity index (χ2v) is 6.50. The molecule has 4 nitrogen and oxygen atoms in total. The summed E-state index contributed by atoms with van der Waals surface area (Å²) in [5.41, 5.74) is 5.47. The van der Waals surface area contributed by atoms with E-state index in [1.54, 1.807) is 24.3 Å². The highest BCUT2D eigenvalue weighted by atomic mass is 79.9. The van der Waals surface area contributed by atoms with Crippen LogP contribution in [-0.2, 0) is 14.6 Å². The summed E-state index contributed by atoms with van der Waals surface area (Å²) < 4.78 is 30.2. The van der Waals surface area contributed by atoms with Crippen molar-refractivity contribution in [3.63, 3.8) is 0 Å². The number of nitrogens with two attached hydrogens (primary N) is 1. The molecule has 0 radical (unpaired) electrons. The van der Waals surface area contributed by atoms with E-state index in [4.69, 9.17) is 10.5 Å². The molecule has 1 aromatic rings. The topological polar surface area (TPSA) is 69.4 Å². The zero-order chi connectivity index (χ0) is 12.9. The average molecular weight is 322 g/mol. The lowest BCUT2D eigenvalue weighted by molar-refractivity contribution is 0.0846. The molecule has 1 atom stereocenters. The van der Waals surface area contributed by atoms with Crippen LogP contribution in [0.2, 0.25) is 0 Å². The number of sulfone groups is 1. The van der Waals surface area contributed by atoms with Gasteiger partial charge in [-0.3, -0.25) is 0 Å². The Balaban J connectivity index is 2.84. The van der Waals surface area contributed by atoms with E-state index in [9.17, 15) is 8.42 Å². The van der Waals surface area contributed by atoms with Gasteiger partial charge in [0.25, 0.3) is 0 Å². The Labute approximate surface area is 110 Å². The van der Waals surface area contributed by atoms with Gasteiger partial charge in [-0.25, -0.2) is 8.42 Å². The maximum atomic E-state index is 12.0. The molecule has 96 valence electrons. The van der Waals surface area contributed by atoms with E-state index in [-0.39, 0.29) is 12.3 Å². The zero-order valence-corrected chi connectivity index (χ0v) is 12.0. The fraction of sp³-hybridized carbons (Fsp3) is 0.455. The lowest BCUT2D eigenvalue weighted by atomic mass is 10.4. The van der Waals surface area contributed by atoms with Crippen molar-refractivity contribution >= 4 is 25.8 Å². The standard InChI is InChI=1S/C11H16BrNO3S/c1-2-16-10(7-13)8-17(14,15)11-5-3-9(12)4-6-11/h3-6,10H,2,7-8,13H2,1H3. The number of hydrogen-bond donors (Lipinski definition) is 1. The molecule has 0 aliphatic rings. The first-order valence-corrected chi connectivity index (χ1v) is 7.74. The van der Waals surface area contributed by atoms with Crippen molar-refractivity contribution in [1.29, 1.82) is 0 Å². The summed E-state index contributed by atoms with van der Waals surface area (Å²) in [6.45, 7) is 2.47. The van der Waals surface area contributed by atoms with Gasteiger partial charge in [-0.2, -0.15) is 0 Å². The minimum absolute atomic E-state index is 0.0844. The van der Waals surface area contributed by atoms with Crippen molar-refractivity contribution in [3.8, 4) is 0 Å². The molecule has 0 saturated carbocycles. The van der Waals surface area contributed by atoms with Gasteiger partial charge in [0.15, 0.2) is 9.84 Å². The van der Waals surface area contributed by atoms with E-state index >= 15 is 0 Å². The van der Waals surface area contributed by atoms with Gasteiger partial charge >= 0.3 is 0 Å². The number of benzene rings is 1. The third kappa shape index (κ3) is 4.39. The van der Waals surface area contributed by atoms with Crippen molar-refractivity contribution in [3.05, 3.63) is 28.7 Å². The highest BCUT2D eigenvalue weighted by molar-refractivity contribution is 9.10. The summed E-state index contributed by atoms with van der Waals surface area (Å²) in [6.07, 6.45) is -0.450. The molecule has 17 heavy (non-hydrogen) atoms. The van der Waals surface area contributed by atoms with Crippen LogP contribution in [0.1, 0.15) is 6.92 Å². The van der Waals surface area contributed by atoms with E-state index in [1.807, 2.05) is 6.92 Å². The summed E-state index contributed by atoms with van der Waals surface area (Å²) in [5.74, 6) is -0.0844. The van der Waals surface area contributed by atoms with Crippen molar-refractivity contribution in [1.82, 2.24) is 0 Å². The molecule has 1 aromatic carbocycles. The second kappa shape index (κ2) is 6.49. The number of hydrogen-bond acceptors (Lipinski definition) is 4. The van der Waals surface area contributed by atoms with E-state index in [2.05, 4.69) is 15.9 Å². The normalized spacial score (nSPS) is 13.6. The molecular formula is C11H16BrNO3S. The predicted molar refractivity (Wildman–Crippen MR) is 70.7 cm³/mol. The molecule has 0 heterocycles. The molecule has 0 fully saturated rings. The highest BCUT2D eigenvalue weighted by Gasteiger charge is 2.20. The van der Waals surface area contributed by atoms with Gasteiger partial charge in [0.1, 0.15) is 0 Å². The van der Waals surface area contributed by atoms with Crippen molar-refractivity contribution in [2.45, 2.75) is 17.9 Å². The van der Waals surface area contributed by atoms with Gasteiger partial charge in [-0.1, -0.05) is 15.9 Å². The minimum atomic E-state index is -3.34. The first-order chi connectivity index (χ1) is 7.99. The third-order valence-electron chi connectivity index (χ3n) is 2.24. The van der Waals surface area contributed by atoms with Gasteiger partial charge in [-0.15, -0.1) is 0 Å². The summed E-state index contributed by atoms with van der Waals surface area (Å²) in [7, 11) is -3.34. The van der Waals surface area contributed by atoms with Crippen LogP contribution in [0.5, 0.6) is 0 Å². The van der Waals surface area contributed by atoms with Crippen LogP contribution in [0.4, 0.5) is 0 Å². The molecule has 0 bridgehead atoms. The lowest BCUT2D eigenvalue weighted by Gasteiger charge is -2.14. The van der Waals surface area contributed by atoms with Crippen molar-refractivity contribution < 1.29 is 13.2 Å². The number of ether oxygens (including phenoxy) is 1. The quantitative estimate of drug-likeness (QED) is 0.863. The average Bonchev–Trinajstić information content (AvgIpc) is 2.28. The number of rotatable bonds is 6. The van der Waals surface area contributed by atoms with Crippen LogP contribution in [0.3, 0.4) is 0 Å². The van der Waals surface area contributed by atoms with Gasteiger partial charge in [-0.05, 0) is 31.2 Å². The highest BCUT2D eigenvalue weighted by Crippen LogP contribution is 2.16. The van der Waals surface area contributed by atoms with Crippen LogP contribution in [-0.4, -0.2) is 33.4 Å². The predicted octanol–water partition coefficient (Wildman–Crippen LogP) is 1.59. The summed E-state index contributed by atoms with van der Waals surface area (Å²) >= 11 is 3.26. The van der Waals surface area contributed by atoms with Crippen LogP contribution in [0.25, 0.3) is 0 Å². The Morgan fingerprint density at radius 2 is 1.94 bits per heavy atom. The second-order valence-electron chi connectivity index (χ2n) is 3.55. The van der Waals surface area contributed by atoms with Crippen LogP contribution in [0.15, 0.2) is 33.6 Å². The van der Waals surface area contributed by atoms with E-state index in [0.29, 0.717) is 11.5 Å². The molecule has 0 aromatic heterocycles. The molecule has 0 saturated heterocycles. The maximum absolute atomic E-state index is 12.0. The first kappa shape index (κ1) is 14.6. The summed E-state index contributed by atoms with van der Waals surface area (Å²) in [4.78, 5) is 0.291. The van der Waals surface area contributed by atoms with Crippen LogP contribution >= 0.6 is 15.9 Å². The van der Waals surface area contributed by atoms with Crippen LogP contribution in [0, 0.1) is 0 Å². The molecule has 0 aliphatic heterocycles. The number of halogens is 1. The molecule has 1 rings (SSSR count). The Hall–Kier alpha value is -0.430. The molecule has 0 aliphatic carbocycles. The SMILES string of the molecule is CCOC(CN)CS(=O)(=O)c1ccc(Br)cc1. The Bertz CT molecular complexity index is 444. The van der Waals surface area contributed by atoms with Gasteiger partial charge < -0.3 is 10.5 Å². The van der Waals surface area contributed by atoms with Gasteiger partial charge in [0, 0.05) is 17.6 Å². The third-order valence-corrected chi connectivity index (χ3v) is 4.57. The molecule has 0 spiro atoms. The van der Waals surface area contributed by atoms with E-state index < -0.39 is 15.9 Å². The van der Waals surface area contributed by atoms with E-state index in [1.165, 1.54) is 0 Å². The fourth-order valence-electron chi connectivity index (χ4n) is 1.40. The maximum Gasteiger partial charge on any atom is 0.180 e. The monoisotopic (exact) mass is 321 g/mol. The molecular weight excluding hydrogens is 306 g/mol. The van der Waals surface area contributed by atoms with E-state index in [0.717, 1.165) is 4.47 Å². The Kier molecular flexibility index (Phi) is 5.58. The lowest BCUT2D eigenvalue weighted by Crippen LogP contribution is -2.31. The van der Waals surface area contributed by atoms with Gasteiger partial charge in [0.2, 0.25) is 0 Å². The zero-order valence-electron chi connectivity index (χ0n) is 9.60. The van der Waals surface area contributed by atoms with Gasteiger partial charge in [0.05, 0.1) is 16.8 Å². The molecule has 1 unspecified atom stereocenters. The van der Waals surface area contributed by atoms with Crippen molar-refractivity contribution in [2.75, 3.05) is 18.9 Å². The molecule has 6 heteroatoms. The summed E-state index contributed by atoms with van der Waals surface area (Å²) in [5, 5.41) is 0. The Morgan fingerprint density at radius 1 is 1.35 bits per heavy atom. The Morgan fingerprint density at radius 3 is 2.41 bits per heavy atom. The largest absolute Gasteiger partial charge is 0.376 e. The molecule has 0 amide bonds.